The van der Waals surface area contributed by atoms with Crippen LogP contribution in [0.2, 0.25) is 0 Å². The van der Waals surface area contributed by atoms with E-state index in [9.17, 15) is 9.59 Å². The summed E-state index contributed by atoms with van der Waals surface area (Å²) in [4.78, 5) is 26.1. The highest BCUT2D eigenvalue weighted by atomic mass is 16.6. The lowest BCUT2D eigenvalue weighted by atomic mass is 10.1. The molecule has 0 radical (unpaired) electrons. The van der Waals surface area contributed by atoms with Crippen LogP contribution in [0.1, 0.15) is 58.7 Å². The van der Waals surface area contributed by atoms with Gasteiger partial charge in [-0.05, 0) is 39.3 Å². The molecule has 2 heterocycles. The van der Waals surface area contributed by atoms with Crippen molar-refractivity contribution in [2.45, 2.75) is 65.1 Å². The molecule has 0 aromatic carbocycles. The average Bonchev–Trinajstić information content (AvgIpc) is 2.90. The average molecular weight is 306 g/mol. The van der Waals surface area contributed by atoms with Gasteiger partial charge in [0.25, 0.3) is 0 Å². The van der Waals surface area contributed by atoms with Gasteiger partial charge in [-0.2, -0.15) is 0 Å². The van der Waals surface area contributed by atoms with E-state index < -0.39 is 5.60 Å². The van der Waals surface area contributed by atoms with E-state index in [1.807, 2.05) is 31.7 Å². The summed E-state index contributed by atoms with van der Waals surface area (Å²) in [5, 5.41) is 0. The molecule has 0 saturated carbocycles. The molecule has 5 heteroatoms. The Bertz CT molecular complexity index is 542. The number of aromatic nitrogens is 1. The SMILES string of the molecule is CC[C@@H]1c2cccn2CCN1C(=O)CCC(=O)OC(C)(C)C. The molecular weight excluding hydrogens is 280 g/mol. The van der Waals surface area contributed by atoms with Crippen LogP contribution in [0.3, 0.4) is 0 Å². The third-order valence-electron chi connectivity index (χ3n) is 3.83. The second-order valence-electron chi connectivity index (χ2n) is 6.72. The van der Waals surface area contributed by atoms with Crippen molar-refractivity contribution < 1.29 is 14.3 Å². The highest BCUT2D eigenvalue weighted by Gasteiger charge is 2.29. The largest absolute Gasteiger partial charge is 0.460 e. The standard InChI is InChI=1S/C17H26N2O3/c1-5-13-14-7-6-10-18(14)11-12-19(13)15(20)8-9-16(21)22-17(2,3)4/h6-7,10,13H,5,8-9,11-12H2,1-4H3/t13-/m1/s1. The van der Waals surface area contributed by atoms with Crippen LogP contribution < -0.4 is 0 Å². The Morgan fingerprint density at radius 1 is 1.27 bits per heavy atom. The van der Waals surface area contributed by atoms with Gasteiger partial charge in [0.2, 0.25) is 5.91 Å². The predicted octanol–water partition coefficient (Wildman–Crippen LogP) is 2.90. The number of rotatable bonds is 4. The number of fused-ring (bicyclic) bond motifs is 1. The van der Waals surface area contributed by atoms with Crippen molar-refractivity contribution in [3.8, 4) is 0 Å². The fourth-order valence-electron chi connectivity index (χ4n) is 2.94. The van der Waals surface area contributed by atoms with Crippen LogP contribution in [0.4, 0.5) is 0 Å². The maximum Gasteiger partial charge on any atom is 0.306 e. The number of carbonyl (C=O) groups is 2. The Morgan fingerprint density at radius 2 is 2.00 bits per heavy atom. The molecule has 0 saturated heterocycles. The van der Waals surface area contributed by atoms with Crippen LogP contribution >= 0.6 is 0 Å². The molecule has 22 heavy (non-hydrogen) atoms. The monoisotopic (exact) mass is 306 g/mol. The van der Waals surface area contributed by atoms with Crippen LogP contribution in [0.25, 0.3) is 0 Å². The number of hydrogen-bond acceptors (Lipinski definition) is 3. The number of ether oxygens (including phenoxy) is 1. The summed E-state index contributed by atoms with van der Waals surface area (Å²) in [7, 11) is 0. The van der Waals surface area contributed by atoms with Gasteiger partial charge < -0.3 is 14.2 Å². The first kappa shape index (κ1) is 16.6. The molecular formula is C17H26N2O3. The van der Waals surface area contributed by atoms with E-state index in [0.29, 0.717) is 6.54 Å². The maximum atomic E-state index is 12.5. The second-order valence-corrected chi connectivity index (χ2v) is 6.72. The summed E-state index contributed by atoms with van der Waals surface area (Å²) in [6, 6.07) is 4.20. The summed E-state index contributed by atoms with van der Waals surface area (Å²) in [6.45, 7) is 9.10. The van der Waals surface area contributed by atoms with Gasteiger partial charge >= 0.3 is 5.97 Å². The van der Waals surface area contributed by atoms with Gasteiger partial charge in [0, 0.05) is 31.4 Å². The molecule has 0 aliphatic carbocycles. The van der Waals surface area contributed by atoms with Crippen molar-refractivity contribution in [3.63, 3.8) is 0 Å². The fourth-order valence-corrected chi connectivity index (χ4v) is 2.94. The lowest BCUT2D eigenvalue weighted by Crippen LogP contribution is -2.41. The van der Waals surface area contributed by atoms with Crippen molar-refractivity contribution in [1.29, 1.82) is 0 Å². The summed E-state index contributed by atoms with van der Waals surface area (Å²) >= 11 is 0. The maximum absolute atomic E-state index is 12.5. The molecule has 2 rings (SSSR count). The molecule has 1 aromatic rings. The quantitative estimate of drug-likeness (QED) is 0.804. The Kier molecular flexibility index (Phi) is 4.94. The second kappa shape index (κ2) is 6.55. The number of hydrogen-bond donors (Lipinski definition) is 0. The summed E-state index contributed by atoms with van der Waals surface area (Å²) in [5.41, 5.74) is 0.678. The van der Waals surface area contributed by atoms with E-state index in [1.54, 1.807) is 0 Å². The first-order valence-corrected chi connectivity index (χ1v) is 7.98. The third-order valence-corrected chi connectivity index (χ3v) is 3.83. The van der Waals surface area contributed by atoms with E-state index >= 15 is 0 Å². The first-order valence-electron chi connectivity index (χ1n) is 7.98. The smallest absolute Gasteiger partial charge is 0.306 e. The Labute approximate surface area is 132 Å². The lowest BCUT2D eigenvalue weighted by Gasteiger charge is -2.36. The minimum Gasteiger partial charge on any atom is -0.460 e. The molecule has 0 fully saturated rings. The van der Waals surface area contributed by atoms with Gasteiger partial charge in [0.05, 0.1) is 12.5 Å². The lowest BCUT2D eigenvalue weighted by molar-refractivity contribution is -0.156. The third kappa shape index (κ3) is 3.90. The van der Waals surface area contributed by atoms with Gasteiger partial charge in [0.1, 0.15) is 5.60 Å². The highest BCUT2D eigenvalue weighted by molar-refractivity contribution is 5.82. The zero-order valence-electron chi connectivity index (χ0n) is 14.0. The zero-order valence-corrected chi connectivity index (χ0v) is 14.0. The first-order chi connectivity index (χ1) is 10.3. The molecule has 1 aromatic heterocycles. The van der Waals surface area contributed by atoms with Gasteiger partial charge in [-0.3, -0.25) is 9.59 Å². The molecule has 0 bridgehead atoms. The van der Waals surface area contributed by atoms with Crippen molar-refractivity contribution in [1.82, 2.24) is 9.47 Å². The molecule has 1 aliphatic rings. The Balaban J connectivity index is 1.94. The Hall–Kier alpha value is -1.78. The van der Waals surface area contributed by atoms with E-state index in [-0.39, 0.29) is 30.8 Å². The van der Waals surface area contributed by atoms with E-state index in [4.69, 9.17) is 4.74 Å². The molecule has 5 nitrogen and oxygen atoms in total. The highest BCUT2D eigenvalue weighted by Crippen LogP contribution is 2.29. The molecule has 122 valence electrons. The topological polar surface area (TPSA) is 51.5 Å². The Morgan fingerprint density at radius 3 is 2.64 bits per heavy atom. The summed E-state index contributed by atoms with van der Waals surface area (Å²) in [6.07, 6.45) is 3.29. The van der Waals surface area contributed by atoms with Gasteiger partial charge in [-0.15, -0.1) is 0 Å². The van der Waals surface area contributed by atoms with E-state index in [1.165, 1.54) is 5.69 Å². The number of carbonyl (C=O) groups excluding carboxylic acids is 2. The van der Waals surface area contributed by atoms with Gasteiger partial charge in [0.15, 0.2) is 0 Å². The molecule has 0 spiro atoms. The van der Waals surface area contributed by atoms with Crippen molar-refractivity contribution in [2.24, 2.45) is 0 Å². The van der Waals surface area contributed by atoms with Gasteiger partial charge in [-0.1, -0.05) is 6.92 Å². The van der Waals surface area contributed by atoms with Crippen LogP contribution in [0.5, 0.6) is 0 Å². The van der Waals surface area contributed by atoms with E-state index in [2.05, 4.69) is 23.8 Å². The summed E-state index contributed by atoms with van der Waals surface area (Å²) in [5.74, 6) is -0.278. The molecule has 1 aliphatic heterocycles. The van der Waals surface area contributed by atoms with Crippen LogP contribution in [0.15, 0.2) is 18.3 Å². The predicted molar refractivity (Wildman–Crippen MR) is 84.3 cm³/mol. The number of nitrogens with zero attached hydrogens (tertiary/aromatic N) is 2. The summed E-state index contributed by atoms with van der Waals surface area (Å²) < 4.78 is 7.46. The van der Waals surface area contributed by atoms with Crippen LogP contribution in [0, 0.1) is 0 Å². The van der Waals surface area contributed by atoms with Crippen LogP contribution in [-0.4, -0.2) is 33.5 Å². The zero-order chi connectivity index (χ0) is 16.3. The molecule has 0 N–H and O–H groups in total. The van der Waals surface area contributed by atoms with Gasteiger partial charge in [-0.25, -0.2) is 0 Å². The number of amides is 1. The van der Waals surface area contributed by atoms with Crippen molar-refractivity contribution >= 4 is 11.9 Å². The van der Waals surface area contributed by atoms with Crippen molar-refractivity contribution in [2.75, 3.05) is 6.54 Å². The minimum absolute atomic E-state index is 0.0326. The normalized spacial score (nSPS) is 18.0. The molecule has 1 amide bonds. The van der Waals surface area contributed by atoms with Crippen LogP contribution in [-0.2, 0) is 20.9 Å². The molecule has 1 atom stereocenters. The van der Waals surface area contributed by atoms with E-state index in [0.717, 1.165) is 13.0 Å². The fraction of sp³-hybridized carbons (Fsp3) is 0.647. The molecule has 0 unspecified atom stereocenters. The van der Waals surface area contributed by atoms with Crippen molar-refractivity contribution in [3.05, 3.63) is 24.0 Å². The minimum atomic E-state index is -0.502. The number of esters is 1.